The molecule has 1 aliphatic carbocycles. The summed E-state index contributed by atoms with van der Waals surface area (Å²) in [5.74, 6) is 40.4. The highest BCUT2D eigenvalue weighted by molar-refractivity contribution is 6.00. The fourth-order valence-electron chi connectivity index (χ4n) is 15.0. The summed E-state index contributed by atoms with van der Waals surface area (Å²) < 4.78 is 6.60. The lowest BCUT2D eigenvalue weighted by atomic mass is 10.0. The van der Waals surface area contributed by atoms with Gasteiger partial charge in [-0.1, -0.05) is 142 Å². The van der Waals surface area contributed by atoms with Gasteiger partial charge in [-0.15, -0.1) is 0 Å². The average molecular weight is 1310 g/mol. The van der Waals surface area contributed by atoms with Gasteiger partial charge in [-0.25, -0.2) is 0 Å². The zero-order chi connectivity index (χ0) is 70.2. The predicted molar refractivity (Wildman–Crippen MR) is 419 cm³/mol. The minimum absolute atomic E-state index is 0.123. The van der Waals surface area contributed by atoms with Gasteiger partial charge in [0.1, 0.15) is 0 Å². The van der Waals surface area contributed by atoms with Gasteiger partial charge >= 0.3 is 0 Å². The Morgan fingerprint density at radius 3 is 0.520 bits per heavy atom. The molecular weight excluding hydrogens is 1240 g/mol. The number of nitrogens with zero attached hydrogens (tertiary/aromatic N) is 3. The third kappa shape index (κ3) is 11.7. The van der Waals surface area contributed by atoms with Crippen LogP contribution >= 0.6 is 0 Å². The molecule has 3 heterocycles. The molecule has 18 bridgehead atoms. The molecule has 6 heteroatoms. The zero-order valence-electron chi connectivity index (χ0n) is 57.9. The maximum atomic E-state index is 15.1. The molecule has 480 valence electrons. The van der Waals surface area contributed by atoms with Crippen LogP contribution in [-0.4, -0.2) is 13.7 Å². The molecule has 3 aromatic heterocycles. The molecule has 0 radical (unpaired) electrons. The lowest BCUT2D eigenvalue weighted by molar-refractivity contribution is 1.10. The Morgan fingerprint density at radius 2 is 0.353 bits per heavy atom. The highest BCUT2D eigenvalue weighted by Gasteiger charge is 2.21. The largest absolute Gasteiger partial charge is 0.308 e. The number of hydrogen-bond acceptors (Lipinski definition) is 3. The lowest BCUT2D eigenvalue weighted by Crippen LogP contribution is -2.12. The third-order valence-corrected chi connectivity index (χ3v) is 19.2. The molecule has 0 atom stereocenters. The smallest absolute Gasteiger partial charge is 0.197 e. The van der Waals surface area contributed by atoms with Crippen LogP contribution in [0.4, 0.5) is 0 Å². The van der Waals surface area contributed by atoms with E-state index in [0.717, 1.165) is 134 Å². The first-order valence-electron chi connectivity index (χ1n) is 34.0. The summed E-state index contributed by atoms with van der Waals surface area (Å²) in [4.78, 5) is 45.2. The van der Waals surface area contributed by atoms with Gasteiger partial charge < -0.3 is 13.7 Å². The van der Waals surface area contributed by atoms with Crippen LogP contribution in [0.1, 0.15) is 117 Å². The third-order valence-electron chi connectivity index (χ3n) is 19.2. The Labute approximate surface area is 591 Å². The highest BCUT2D eigenvalue weighted by Crippen LogP contribution is 2.35. The fourth-order valence-corrected chi connectivity index (χ4v) is 15.0. The fraction of sp³-hybridized carbons (Fsp3) is 0.0938. The van der Waals surface area contributed by atoms with Crippen LogP contribution in [0.3, 0.4) is 0 Å². The molecule has 16 rings (SSSR count). The summed E-state index contributed by atoms with van der Waals surface area (Å²) in [6.07, 6.45) is 0. The van der Waals surface area contributed by atoms with Crippen molar-refractivity contribution in [2.24, 2.45) is 0 Å². The van der Waals surface area contributed by atoms with E-state index < -0.39 is 0 Å². The van der Waals surface area contributed by atoms with Gasteiger partial charge in [0, 0.05) is 99.1 Å². The number of aromatic nitrogens is 3. The van der Waals surface area contributed by atoms with Crippen molar-refractivity contribution in [3.8, 4) is 88.1 Å². The van der Waals surface area contributed by atoms with Crippen LogP contribution in [0.15, 0.2) is 233 Å². The minimum atomic E-state index is -0.123. The molecule has 6 nitrogen and oxygen atoms in total. The zero-order valence-corrected chi connectivity index (χ0v) is 57.9. The van der Waals surface area contributed by atoms with E-state index in [4.69, 9.17) is 0 Å². The van der Waals surface area contributed by atoms with E-state index in [2.05, 4.69) is 183 Å². The standard InChI is InChI=1S/C96H63N3O3/c1-58-43-61(4)91(62(5)44-58)97-85-37-31-73-25-19-67-13-10-15-69(49-67)21-27-75-33-39-87-81(54-75)95(101)83-56-77(35-41-89(83)98(87)92-63(6)45-59(2)46-64(92)7)29-23-71-17-12-18-72(51-71)24-30-78-36-42-90-84(57-78)96(102)82-55-76(34-40-88(82)99(90)93-65(8)47-60(3)48-66(93)9)28-22-70-16-11-14-68(50-70)20-26-74-32-38-86(97)80(53-74)94(100)79(85)52-73/h10-18,31-57H,1-9H3. The molecule has 12 aromatic carbocycles. The Morgan fingerprint density at radius 1 is 0.196 bits per heavy atom. The van der Waals surface area contributed by atoms with Crippen molar-refractivity contribution in [2.45, 2.75) is 62.3 Å². The Kier molecular flexibility index (Phi) is 15.7. The number of aryl methyl sites for hydroxylation is 9. The number of fused-ring (bicyclic) bond motifs is 12. The van der Waals surface area contributed by atoms with E-state index in [0.29, 0.717) is 65.7 Å². The first kappa shape index (κ1) is 63.2. The Hall–Kier alpha value is -13.6. The summed E-state index contributed by atoms with van der Waals surface area (Å²) >= 11 is 0. The van der Waals surface area contributed by atoms with Crippen molar-refractivity contribution in [1.82, 2.24) is 13.7 Å². The highest BCUT2D eigenvalue weighted by atomic mass is 16.1. The number of benzene rings is 12. The van der Waals surface area contributed by atoms with Gasteiger partial charge in [-0.05, 0) is 259 Å². The molecule has 1 aliphatic rings. The number of hydrogen-bond donors (Lipinski definition) is 0. The van der Waals surface area contributed by atoms with E-state index in [1.807, 2.05) is 182 Å². The predicted octanol–water partition coefficient (Wildman–Crippen LogP) is 18.5. The van der Waals surface area contributed by atoms with Crippen molar-refractivity contribution < 1.29 is 0 Å². The molecule has 0 aliphatic heterocycles. The quantitative estimate of drug-likeness (QED) is 0.131. The molecule has 0 unspecified atom stereocenters. The number of rotatable bonds is 3. The van der Waals surface area contributed by atoms with E-state index in [1.54, 1.807) is 0 Å². The summed E-state index contributed by atoms with van der Waals surface area (Å²) in [7, 11) is 0. The average Bonchev–Trinajstić information content (AvgIpc) is 0.747. The lowest BCUT2D eigenvalue weighted by Gasteiger charge is -2.20. The molecular formula is C96H63N3O3. The van der Waals surface area contributed by atoms with Gasteiger partial charge in [-0.2, -0.15) is 0 Å². The second-order valence-corrected chi connectivity index (χ2v) is 26.9. The van der Waals surface area contributed by atoms with Gasteiger partial charge in [-0.3, -0.25) is 14.4 Å². The normalized spacial score (nSPS) is 11.5. The van der Waals surface area contributed by atoms with Crippen LogP contribution in [0.2, 0.25) is 0 Å². The van der Waals surface area contributed by atoms with Gasteiger partial charge in [0.05, 0.1) is 50.2 Å². The maximum absolute atomic E-state index is 15.1. The molecule has 0 N–H and O–H groups in total. The van der Waals surface area contributed by atoms with Gasteiger partial charge in [0.25, 0.3) is 0 Å². The number of pyridine rings is 3. The molecule has 102 heavy (non-hydrogen) atoms. The topological polar surface area (TPSA) is 66.0 Å². The van der Waals surface area contributed by atoms with Crippen molar-refractivity contribution in [1.29, 1.82) is 0 Å². The second kappa shape index (κ2) is 25.4. The molecule has 0 amide bonds. The SMILES string of the molecule is Cc1cc(C)c(-n2c3ccc4cc3c(=O)c3cc(ccc32)C#Cc2cccc(c2)C#Cc2ccc3c(c2)c(=O)c2cc(ccc2n3-c2c(C)cc(C)cc2C)C#Cc2cccc(c2)C#Cc2ccc3c(c2)c(=O)c2cc(ccc2n3-c2c(C)cc(C)cc2C)C#Cc2cccc(c2)C#C4)c(C)c1. The Balaban J connectivity index is 0.870. The summed E-state index contributed by atoms with van der Waals surface area (Å²) in [5.41, 5.74) is 25.9. The molecule has 0 spiro atoms. The Bertz CT molecular complexity index is 5880. The van der Waals surface area contributed by atoms with Crippen molar-refractivity contribution in [3.05, 3.63) is 366 Å². The van der Waals surface area contributed by atoms with Crippen molar-refractivity contribution in [3.63, 3.8) is 0 Å². The molecule has 15 aromatic rings. The maximum Gasteiger partial charge on any atom is 0.197 e. The minimum Gasteiger partial charge on any atom is -0.308 e. The van der Waals surface area contributed by atoms with Crippen molar-refractivity contribution in [2.75, 3.05) is 0 Å². The van der Waals surface area contributed by atoms with Crippen molar-refractivity contribution >= 4 is 65.4 Å². The van der Waals surface area contributed by atoms with Gasteiger partial charge in [0.2, 0.25) is 0 Å². The van der Waals surface area contributed by atoms with Gasteiger partial charge in [0.15, 0.2) is 16.3 Å². The van der Waals surface area contributed by atoms with E-state index in [1.165, 1.54) is 0 Å². The monoisotopic (exact) mass is 1310 g/mol. The van der Waals surface area contributed by atoms with Crippen LogP contribution in [-0.2, 0) is 0 Å². The van der Waals surface area contributed by atoms with Crippen LogP contribution in [0, 0.1) is 133 Å². The second-order valence-electron chi connectivity index (χ2n) is 26.9. The van der Waals surface area contributed by atoms with E-state index in [9.17, 15) is 0 Å². The molecule has 0 saturated carbocycles. The first-order valence-corrected chi connectivity index (χ1v) is 34.0. The first-order chi connectivity index (χ1) is 49.4. The van der Waals surface area contributed by atoms with Crippen LogP contribution in [0.5, 0.6) is 0 Å². The summed E-state index contributed by atoms with van der Waals surface area (Å²) in [6.45, 7) is 19.0. The molecule has 0 saturated heterocycles. The molecule has 0 fully saturated rings. The summed E-state index contributed by atoms with van der Waals surface area (Å²) in [5, 5.41) is 3.20. The summed E-state index contributed by atoms with van der Waals surface area (Å²) in [6, 6.07) is 71.7. The van der Waals surface area contributed by atoms with Crippen LogP contribution in [0.25, 0.3) is 82.5 Å². The van der Waals surface area contributed by atoms with E-state index in [-0.39, 0.29) is 16.3 Å². The van der Waals surface area contributed by atoms with Crippen LogP contribution < -0.4 is 16.3 Å². The van der Waals surface area contributed by atoms with E-state index >= 15 is 14.4 Å².